The maximum atomic E-state index is 12.0. The van der Waals surface area contributed by atoms with Crippen LogP contribution in [0.25, 0.3) is 0 Å². The quantitative estimate of drug-likeness (QED) is 0.705. The topological polar surface area (TPSA) is 65.4 Å². The summed E-state index contributed by atoms with van der Waals surface area (Å²) in [6.45, 7) is 5.96. The molecular weight excluding hydrogens is 330 g/mol. The third kappa shape index (κ3) is 5.54. The summed E-state index contributed by atoms with van der Waals surface area (Å²) in [5.74, 6) is 0.382. The number of hydrogen-bond acceptors (Lipinski definition) is 4. The minimum atomic E-state index is -0.209. The van der Waals surface area contributed by atoms with Gasteiger partial charge in [-0.05, 0) is 44.0 Å². The van der Waals surface area contributed by atoms with Crippen molar-refractivity contribution >= 4 is 17.5 Å². The van der Waals surface area contributed by atoms with Crippen molar-refractivity contribution < 1.29 is 14.3 Å². The van der Waals surface area contributed by atoms with Gasteiger partial charge < -0.3 is 14.8 Å². The van der Waals surface area contributed by atoms with Crippen molar-refractivity contribution in [1.29, 1.82) is 0 Å². The van der Waals surface area contributed by atoms with Gasteiger partial charge in [0, 0.05) is 26.0 Å². The van der Waals surface area contributed by atoms with Crippen LogP contribution in [0.2, 0.25) is 5.02 Å². The molecule has 130 valence electrons. The van der Waals surface area contributed by atoms with Crippen LogP contribution in [-0.4, -0.2) is 35.4 Å². The Kier molecular flexibility index (Phi) is 7.08. The maximum absolute atomic E-state index is 12.0. The summed E-state index contributed by atoms with van der Waals surface area (Å²) in [5.41, 5.74) is 1.41. The first kappa shape index (κ1) is 18.3. The maximum Gasteiger partial charge on any atom is 0.271 e. The van der Waals surface area contributed by atoms with Crippen LogP contribution in [-0.2, 0) is 11.5 Å². The van der Waals surface area contributed by atoms with Crippen molar-refractivity contribution in [3.05, 3.63) is 46.7 Å². The van der Waals surface area contributed by atoms with E-state index >= 15 is 0 Å². The Morgan fingerprint density at radius 3 is 3.00 bits per heavy atom. The highest BCUT2D eigenvalue weighted by Crippen LogP contribution is 2.25. The first-order valence-electron chi connectivity index (χ1n) is 7.88. The molecule has 0 saturated heterocycles. The van der Waals surface area contributed by atoms with Gasteiger partial charge >= 0.3 is 0 Å². The Labute approximate surface area is 146 Å². The van der Waals surface area contributed by atoms with E-state index in [0.717, 1.165) is 12.0 Å². The van der Waals surface area contributed by atoms with E-state index in [1.54, 1.807) is 23.0 Å². The molecule has 0 fully saturated rings. The van der Waals surface area contributed by atoms with Crippen molar-refractivity contribution in [3.63, 3.8) is 0 Å². The van der Waals surface area contributed by atoms with Crippen LogP contribution < -0.4 is 10.1 Å². The molecule has 2 rings (SSSR count). The number of aromatic nitrogens is 2. The lowest BCUT2D eigenvalue weighted by Crippen LogP contribution is -2.26. The van der Waals surface area contributed by atoms with Crippen molar-refractivity contribution in [2.45, 2.75) is 27.0 Å². The second kappa shape index (κ2) is 9.30. The van der Waals surface area contributed by atoms with Crippen molar-refractivity contribution in [2.24, 2.45) is 0 Å². The summed E-state index contributed by atoms with van der Waals surface area (Å²) < 4.78 is 12.4. The highest BCUT2D eigenvalue weighted by molar-refractivity contribution is 6.32. The average Bonchev–Trinajstić information content (AvgIpc) is 3.04. The minimum Gasteiger partial charge on any atom is -0.470 e. The van der Waals surface area contributed by atoms with Gasteiger partial charge in [-0.1, -0.05) is 17.7 Å². The van der Waals surface area contributed by atoms with E-state index in [9.17, 15) is 4.79 Å². The number of nitrogens with one attached hydrogen (secondary N) is 1. The lowest BCUT2D eigenvalue weighted by Gasteiger charge is -2.08. The lowest BCUT2D eigenvalue weighted by atomic mass is 10.2. The van der Waals surface area contributed by atoms with Gasteiger partial charge in [-0.25, -0.2) is 4.68 Å². The fraction of sp³-hybridized carbons (Fsp3) is 0.412. The Balaban J connectivity index is 1.82. The Bertz CT molecular complexity index is 673. The predicted octanol–water partition coefficient (Wildman–Crippen LogP) is 3.04. The number of carbonyl (C=O) groups excluding carboxylic acids is 1. The van der Waals surface area contributed by atoms with Crippen LogP contribution in [0.15, 0.2) is 30.5 Å². The Morgan fingerprint density at radius 1 is 1.38 bits per heavy atom. The van der Waals surface area contributed by atoms with E-state index in [4.69, 9.17) is 21.1 Å². The predicted molar refractivity (Wildman–Crippen MR) is 92.5 cm³/mol. The normalized spacial score (nSPS) is 10.6. The number of ether oxygens (including phenoxy) is 2. The van der Waals surface area contributed by atoms with E-state index < -0.39 is 0 Å². The molecule has 1 aromatic heterocycles. The molecule has 1 heterocycles. The number of hydrogen-bond donors (Lipinski definition) is 1. The summed E-state index contributed by atoms with van der Waals surface area (Å²) in [4.78, 5) is 12.0. The molecule has 7 heteroatoms. The zero-order valence-corrected chi connectivity index (χ0v) is 14.7. The largest absolute Gasteiger partial charge is 0.470 e. The molecule has 0 unspecified atom stereocenters. The molecule has 0 aliphatic heterocycles. The smallest absolute Gasteiger partial charge is 0.271 e. The summed E-state index contributed by atoms with van der Waals surface area (Å²) in [6, 6.07) is 7.21. The SMILES string of the molecule is CCOCCCNC(=O)c1ccn(COc2cc(C)ccc2Cl)n1. The molecule has 2 aromatic rings. The summed E-state index contributed by atoms with van der Waals surface area (Å²) in [6.07, 6.45) is 2.47. The molecule has 0 aliphatic rings. The Hall–Kier alpha value is -2.05. The summed E-state index contributed by atoms with van der Waals surface area (Å²) in [5, 5.41) is 7.54. The number of benzene rings is 1. The molecule has 1 N–H and O–H groups in total. The fourth-order valence-corrected chi connectivity index (χ4v) is 2.19. The van der Waals surface area contributed by atoms with Gasteiger partial charge in [0.2, 0.25) is 0 Å². The molecule has 24 heavy (non-hydrogen) atoms. The van der Waals surface area contributed by atoms with Gasteiger partial charge in [0.1, 0.15) is 11.4 Å². The van der Waals surface area contributed by atoms with Gasteiger partial charge in [-0.3, -0.25) is 4.79 Å². The first-order chi connectivity index (χ1) is 11.6. The van der Waals surface area contributed by atoms with E-state index in [1.807, 2.05) is 26.0 Å². The molecule has 1 aromatic carbocycles. The van der Waals surface area contributed by atoms with E-state index in [0.29, 0.717) is 36.2 Å². The molecule has 0 atom stereocenters. The summed E-state index contributed by atoms with van der Waals surface area (Å²) in [7, 11) is 0. The van der Waals surface area contributed by atoms with Crippen LogP contribution in [0.1, 0.15) is 29.4 Å². The van der Waals surface area contributed by atoms with E-state index in [2.05, 4.69) is 10.4 Å². The van der Waals surface area contributed by atoms with Crippen LogP contribution in [0.4, 0.5) is 0 Å². The molecular formula is C17H22ClN3O3. The zero-order valence-electron chi connectivity index (χ0n) is 13.9. The van der Waals surface area contributed by atoms with Crippen molar-refractivity contribution in [3.8, 4) is 5.75 Å². The van der Waals surface area contributed by atoms with E-state index in [-0.39, 0.29) is 12.6 Å². The number of amides is 1. The van der Waals surface area contributed by atoms with Crippen molar-refractivity contribution in [2.75, 3.05) is 19.8 Å². The number of aryl methyl sites for hydroxylation is 1. The fourth-order valence-electron chi connectivity index (χ4n) is 2.02. The Morgan fingerprint density at radius 2 is 2.21 bits per heavy atom. The molecule has 1 amide bonds. The highest BCUT2D eigenvalue weighted by Gasteiger charge is 2.09. The van der Waals surface area contributed by atoms with E-state index in [1.165, 1.54) is 0 Å². The number of carbonyl (C=O) groups is 1. The lowest BCUT2D eigenvalue weighted by molar-refractivity contribution is 0.0937. The number of halogens is 1. The minimum absolute atomic E-state index is 0.181. The molecule has 0 saturated carbocycles. The van der Waals surface area contributed by atoms with Gasteiger partial charge in [0.15, 0.2) is 6.73 Å². The third-order valence-electron chi connectivity index (χ3n) is 3.27. The van der Waals surface area contributed by atoms with Gasteiger partial charge in [-0.15, -0.1) is 0 Å². The molecule has 0 spiro atoms. The van der Waals surface area contributed by atoms with Gasteiger partial charge in [-0.2, -0.15) is 5.10 Å². The van der Waals surface area contributed by atoms with Crippen molar-refractivity contribution in [1.82, 2.24) is 15.1 Å². The summed E-state index contributed by atoms with van der Waals surface area (Å²) >= 11 is 6.08. The second-order valence-electron chi connectivity index (χ2n) is 5.25. The first-order valence-corrected chi connectivity index (χ1v) is 8.26. The highest BCUT2D eigenvalue weighted by atomic mass is 35.5. The molecule has 6 nitrogen and oxygen atoms in total. The average molecular weight is 352 g/mol. The van der Waals surface area contributed by atoms with Crippen LogP contribution >= 0.6 is 11.6 Å². The standard InChI is InChI=1S/C17H22ClN3O3/c1-3-23-10-4-8-19-17(22)15-7-9-21(20-15)12-24-16-11-13(2)5-6-14(16)18/h5-7,9,11H,3-4,8,10,12H2,1-2H3,(H,19,22). The van der Waals surface area contributed by atoms with Crippen LogP contribution in [0, 0.1) is 6.92 Å². The number of nitrogens with zero attached hydrogens (tertiary/aromatic N) is 2. The zero-order chi connectivity index (χ0) is 17.4. The van der Waals surface area contributed by atoms with Crippen LogP contribution in [0.5, 0.6) is 5.75 Å². The monoisotopic (exact) mass is 351 g/mol. The van der Waals surface area contributed by atoms with Gasteiger partial charge in [0.05, 0.1) is 5.02 Å². The second-order valence-corrected chi connectivity index (χ2v) is 5.66. The molecule has 0 aliphatic carbocycles. The molecule has 0 bridgehead atoms. The molecule has 0 radical (unpaired) electrons. The van der Waals surface area contributed by atoms with Gasteiger partial charge in [0.25, 0.3) is 5.91 Å². The van der Waals surface area contributed by atoms with Crippen LogP contribution in [0.3, 0.4) is 0 Å². The number of rotatable bonds is 9. The third-order valence-corrected chi connectivity index (χ3v) is 3.58.